The van der Waals surface area contributed by atoms with Gasteiger partial charge in [-0.3, -0.25) is 0 Å². The zero-order chi connectivity index (χ0) is 11.8. The molecule has 1 atom stereocenters. The van der Waals surface area contributed by atoms with Crippen LogP contribution in [0.2, 0.25) is 0 Å². The van der Waals surface area contributed by atoms with Crippen molar-refractivity contribution in [3.63, 3.8) is 0 Å². The summed E-state index contributed by atoms with van der Waals surface area (Å²) in [5.41, 5.74) is 0.586. The summed E-state index contributed by atoms with van der Waals surface area (Å²) in [5.74, 6) is -0.477. The van der Waals surface area contributed by atoms with Crippen LogP contribution in [0.4, 0.5) is 0 Å². The van der Waals surface area contributed by atoms with Crippen LogP contribution in [0.15, 0.2) is 23.1 Å². The fourth-order valence-corrected chi connectivity index (χ4v) is 4.46. The van der Waals surface area contributed by atoms with E-state index in [1.807, 2.05) is 12.1 Å². The smallest absolute Gasteiger partial charge is 0.352 e. The average molecular weight is 258 g/mol. The standard InChI is InChI=1S/C10H10O4S2/c1-13-6-4-3-5-7-8(6)10(14-2,9(11)12)16-15-7/h3-5H,1-2H3,(H,11,12). The van der Waals surface area contributed by atoms with Gasteiger partial charge in [-0.25, -0.2) is 4.79 Å². The minimum absolute atomic E-state index is 0.541. The topological polar surface area (TPSA) is 55.8 Å². The summed E-state index contributed by atoms with van der Waals surface area (Å²) in [7, 11) is 5.47. The number of rotatable bonds is 3. The number of hydrogen-bond donors (Lipinski definition) is 1. The summed E-state index contributed by atoms with van der Waals surface area (Å²) in [6.45, 7) is 0. The number of benzene rings is 1. The lowest BCUT2D eigenvalue weighted by Gasteiger charge is -2.22. The van der Waals surface area contributed by atoms with E-state index < -0.39 is 10.9 Å². The van der Waals surface area contributed by atoms with Crippen molar-refractivity contribution in [1.29, 1.82) is 0 Å². The first-order valence-corrected chi connectivity index (χ1v) is 6.62. The van der Waals surface area contributed by atoms with Gasteiger partial charge in [0.1, 0.15) is 5.75 Å². The predicted molar refractivity (Wildman–Crippen MR) is 62.8 cm³/mol. The molecule has 1 aromatic rings. The Morgan fingerprint density at radius 2 is 2.19 bits per heavy atom. The number of fused-ring (bicyclic) bond motifs is 1. The van der Waals surface area contributed by atoms with Crippen LogP contribution < -0.4 is 4.74 Å². The first-order chi connectivity index (χ1) is 7.65. The van der Waals surface area contributed by atoms with E-state index in [0.717, 1.165) is 4.90 Å². The molecule has 4 nitrogen and oxygen atoms in total. The van der Waals surface area contributed by atoms with Crippen molar-refractivity contribution in [2.75, 3.05) is 14.2 Å². The van der Waals surface area contributed by atoms with Crippen LogP contribution in [0.25, 0.3) is 0 Å². The molecular weight excluding hydrogens is 248 g/mol. The largest absolute Gasteiger partial charge is 0.496 e. The van der Waals surface area contributed by atoms with Crippen molar-refractivity contribution in [2.24, 2.45) is 0 Å². The first kappa shape index (κ1) is 11.6. The Labute approximate surface area is 101 Å². The van der Waals surface area contributed by atoms with Crippen molar-refractivity contribution in [3.05, 3.63) is 23.8 Å². The van der Waals surface area contributed by atoms with Crippen molar-refractivity contribution >= 4 is 27.6 Å². The molecule has 0 fully saturated rings. The predicted octanol–water partition coefficient (Wildman–Crippen LogP) is 2.33. The van der Waals surface area contributed by atoms with Gasteiger partial charge < -0.3 is 14.6 Å². The van der Waals surface area contributed by atoms with E-state index in [2.05, 4.69) is 0 Å². The third-order valence-electron chi connectivity index (χ3n) is 2.35. The van der Waals surface area contributed by atoms with Crippen molar-refractivity contribution in [2.45, 2.75) is 9.83 Å². The summed E-state index contributed by atoms with van der Waals surface area (Å²) in [6, 6.07) is 5.43. The summed E-state index contributed by atoms with van der Waals surface area (Å²) >= 11 is 0. The molecule has 1 aliphatic rings. The van der Waals surface area contributed by atoms with Gasteiger partial charge in [-0.15, -0.1) is 0 Å². The van der Waals surface area contributed by atoms with Crippen molar-refractivity contribution in [3.8, 4) is 5.75 Å². The molecule has 1 N–H and O–H groups in total. The van der Waals surface area contributed by atoms with Gasteiger partial charge in [-0.05, 0) is 22.9 Å². The zero-order valence-electron chi connectivity index (χ0n) is 8.72. The molecule has 2 rings (SSSR count). The molecule has 0 bridgehead atoms. The molecule has 1 aliphatic heterocycles. The van der Waals surface area contributed by atoms with Gasteiger partial charge in [0.05, 0.1) is 12.7 Å². The molecule has 1 unspecified atom stereocenters. The lowest BCUT2D eigenvalue weighted by atomic mass is 10.1. The molecule has 0 saturated carbocycles. The second-order valence-electron chi connectivity index (χ2n) is 3.13. The van der Waals surface area contributed by atoms with E-state index in [4.69, 9.17) is 9.47 Å². The molecule has 6 heteroatoms. The number of hydrogen-bond acceptors (Lipinski definition) is 5. The van der Waals surface area contributed by atoms with E-state index >= 15 is 0 Å². The van der Waals surface area contributed by atoms with Crippen LogP contribution in [-0.4, -0.2) is 25.3 Å². The second kappa shape index (κ2) is 4.20. The van der Waals surface area contributed by atoms with E-state index in [1.54, 1.807) is 6.07 Å². The Balaban J connectivity index is 2.64. The number of carbonyl (C=O) groups is 1. The maximum Gasteiger partial charge on any atom is 0.352 e. The number of methoxy groups -OCH3 is 2. The van der Waals surface area contributed by atoms with Gasteiger partial charge in [0.25, 0.3) is 4.93 Å². The first-order valence-electron chi connectivity index (χ1n) is 4.47. The summed E-state index contributed by atoms with van der Waals surface area (Å²) < 4.78 is 10.4. The van der Waals surface area contributed by atoms with E-state index in [9.17, 15) is 9.90 Å². The number of ether oxygens (including phenoxy) is 2. The molecule has 86 valence electrons. The molecule has 0 aromatic heterocycles. The van der Waals surface area contributed by atoms with E-state index in [1.165, 1.54) is 35.8 Å². The lowest BCUT2D eigenvalue weighted by Crippen LogP contribution is -2.32. The molecule has 0 amide bonds. The molecule has 1 heterocycles. The number of carboxylic acids is 1. The zero-order valence-corrected chi connectivity index (χ0v) is 10.4. The molecule has 0 radical (unpaired) electrons. The van der Waals surface area contributed by atoms with Gasteiger partial charge in [-0.1, -0.05) is 16.9 Å². The summed E-state index contributed by atoms with van der Waals surface area (Å²) in [4.78, 5) is 10.9. The second-order valence-corrected chi connectivity index (χ2v) is 5.47. The van der Waals surface area contributed by atoms with Gasteiger partial charge in [-0.2, -0.15) is 0 Å². The number of carboxylic acid groups (broad SMARTS) is 1. The van der Waals surface area contributed by atoms with Gasteiger partial charge >= 0.3 is 5.97 Å². The maximum absolute atomic E-state index is 11.4. The van der Waals surface area contributed by atoms with Gasteiger partial charge in [0.2, 0.25) is 0 Å². The van der Waals surface area contributed by atoms with Gasteiger partial charge in [0, 0.05) is 12.0 Å². The number of aliphatic carboxylic acids is 1. The molecule has 0 saturated heterocycles. The summed E-state index contributed by atoms with van der Waals surface area (Å²) in [6.07, 6.45) is 0. The quantitative estimate of drug-likeness (QED) is 0.840. The van der Waals surface area contributed by atoms with Crippen LogP contribution in [0.3, 0.4) is 0 Å². The third kappa shape index (κ3) is 1.49. The van der Waals surface area contributed by atoms with Crippen LogP contribution in [0.5, 0.6) is 5.75 Å². The van der Waals surface area contributed by atoms with Crippen molar-refractivity contribution in [1.82, 2.24) is 0 Å². The fourth-order valence-electron chi connectivity index (χ4n) is 1.59. The maximum atomic E-state index is 11.4. The SMILES string of the molecule is COc1cccc2c1C(OC)(C(=O)O)SS2. The Morgan fingerprint density at radius 1 is 1.44 bits per heavy atom. The van der Waals surface area contributed by atoms with E-state index in [-0.39, 0.29) is 0 Å². The Bertz CT molecular complexity index is 435. The molecule has 0 aliphatic carbocycles. The van der Waals surface area contributed by atoms with E-state index in [0.29, 0.717) is 11.3 Å². The molecular formula is C10H10O4S2. The summed E-state index contributed by atoms with van der Waals surface area (Å²) in [5, 5.41) is 9.32. The Morgan fingerprint density at radius 3 is 2.75 bits per heavy atom. The van der Waals surface area contributed by atoms with Crippen LogP contribution in [-0.2, 0) is 14.5 Å². The minimum atomic E-state index is -1.37. The van der Waals surface area contributed by atoms with Gasteiger partial charge in [0.15, 0.2) is 0 Å². The minimum Gasteiger partial charge on any atom is -0.496 e. The highest BCUT2D eigenvalue weighted by Crippen LogP contribution is 2.60. The lowest BCUT2D eigenvalue weighted by molar-refractivity contribution is -0.152. The highest BCUT2D eigenvalue weighted by atomic mass is 33.1. The normalized spacial score (nSPS) is 22.9. The highest BCUT2D eigenvalue weighted by molar-refractivity contribution is 8.77. The van der Waals surface area contributed by atoms with Crippen LogP contribution >= 0.6 is 21.6 Å². The van der Waals surface area contributed by atoms with Crippen LogP contribution in [0.1, 0.15) is 5.56 Å². The fraction of sp³-hybridized carbons (Fsp3) is 0.300. The Kier molecular flexibility index (Phi) is 3.05. The molecule has 1 aromatic carbocycles. The van der Waals surface area contributed by atoms with Crippen LogP contribution in [0, 0.1) is 0 Å². The highest BCUT2D eigenvalue weighted by Gasteiger charge is 2.50. The molecule has 16 heavy (non-hydrogen) atoms. The Hall–Kier alpha value is -0.850. The average Bonchev–Trinajstić information content (AvgIpc) is 2.68. The third-order valence-corrected chi connectivity index (χ3v) is 5.23. The van der Waals surface area contributed by atoms with Crippen molar-refractivity contribution < 1.29 is 19.4 Å². The monoisotopic (exact) mass is 258 g/mol. The molecule has 0 spiro atoms.